The topological polar surface area (TPSA) is 50.2 Å². The lowest BCUT2D eigenvalue weighted by atomic mass is 9.89. The summed E-state index contributed by atoms with van der Waals surface area (Å²) in [6.45, 7) is 7.00. The number of rotatable bonds is 6. The van der Waals surface area contributed by atoms with Crippen LogP contribution < -0.4 is 5.32 Å². The van der Waals surface area contributed by atoms with E-state index in [0.29, 0.717) is 5.92 Å². The number of nitrogens with one attached hydrogen (secondary N) is 1. The molecule has 1 saturated heterocycles. The Morgan fingerprint density at radius 1 is 1.10 bits per heavy atom. The highest BCUT2D eigenvalue weighted by Gasteiger charge is 2.21. The lowest BCUT2D eigenvalue weighted by Crippen LogP contribution is -2.32. The molecule has 30 heavy (non-hydrogen) atoms. The summed E-state index contributed by atoms with van der Waals surface area (Å²) in [6.07, 6.45) is 6.05. The smallest absolute Gasteiger partial charge is 0.226 e. The van der Waals surface area contributed by atoms with Gasteiger partial charge in [-0.1, -0.05) is 38.1 Å². The Kier molecular flexibility index (Phi) is 6.29. The minimum atomic E-state index is -0.00879. The van der Waals surface area contributed by atoms with Crippen LogP contribution in [0.25, 0.3) is 5.69 Å². The van der Waals surface area contributed by atoms with Crippen LogP contribution in [-0.2, 0) is 11.3 Å². The van der Waals surface area contributed by atoms with Gasteiger partial charge in [0, 0.05) is 30.5 Å². The maximum Gasteiger partial charge on any atom is 0.226 e. The first-order valence-electron chi connectivity index (χ1n) is 10.8. The Bertz CT molecular complexity index is 955. The number of carbonyl (C=O) groups excluding carboxylic acids is 1. The summed E-state index contributed by atoms with van der Waals surface area (Å²) in [6, 6.07) is 19.0. The van der Waals surface area contributed by atoms with E-state index in [9.17, 15) is 4.79 Å². The number of amides is 1. The molecule has 1 N–H and O–H groups in total. The maximum absolute atomic E-state index is 12.0. The van der Waals surface area contributed by atoms with E-state index in [0.717, 1.165) is 43.9 Å². The SMILES string of the molecule is CC(C)C(=O)Nc1cccc(C2CCN(Cc3ccc(-n4cccn4)cc3)CC2)c1. The molecule has 1 aliphatic rings. The van der Waals surface area contributed by atoms with Gasteiger partial charge in [0.05, 0.1) is 5.69 Å². The largest absolute Gasteiger partial charge is 0.326 e. The van der Waals surface area contributed by atoms with Gasteiger partial charge in [-0.2, -0.15) is 5.10 Å². The number of carbonyl (C=O) groups is 1. The average Bonchev–Trinajstić information content (AvgIpc) is 3.30. The molecule has 2 heterocycles. The van der Waals surface area contributed by atoms with Gasteiger partial charge in [0.25, 0.3) is 0 Å². The standard InChI is InChI=1S/C25H30N4O/c1-19(2)25(30)27-23-6-3-5-22(17-23)21-11-15-28(16-12-21)18-20-7-9-24(10-8-20)29-14-4-13-26-29/h3-10,13-14,17,19,21H,11-12,15-16,18H2,1-2H3,(H,27,30). The molecule has 0 spiro atoms. The summed E-state index contributed by atoms with van der Waals surface area (Å²) in [5.41, 5.74) is 4.67. The normalized spacial score (nSPS) is 15.4. The fourth-order valence-electron chi connectivity index (χ4n) is 4.02. The van der Waals surface area contributed by atoms with Crippen molar-refractivity contribution in [3.8, 4) is 5.69 Å². The van der Waals surface area contributed by atoms with E-state index in [2.05, 4.69) is 57.8 Å². The zero-order valence-electron chi connectivity index (χ0n) is 17.8. The molecule has 156 valence electrons. The summed E-state index contributed by atoms with van der Waals surface area (Å²) in [7, 11) is 0. The minimum Gasteiger partial charge on any atom is -0.326 e. The molecule has 5 heteroatoms. The van der Waals surface area contributed by atoms with Crippen molar-refractivity contribution in [1.82, 2.24) is 14.7 Å². The predicted molar refractivity (Wildman–Crippen MR) is 121 cm³/mol. The highest BCUT2D eigenvalue weighted by molar-refractivity contribution is 5.92. The van der Waals surface area contributed by atoms with Crippen LogP contribution in [0.4, 0.5) is 5.69 Å². The number of aromatic nitrogens is 2. The fourth-order valence-corrected chi connectivity index (χ4v) is 4.02. The van der Waals surface area contributed by atoms with Gasteiger partial charge in [0.1, 0.15) is 0 Å². The first-order valence-corrected chi connectivity index (χ1v) is 10.8. The summed E-state index contributed by atoms with van der Waals surface area (Å²) < 4.78 is 1.88. The van der Waals surface area contributed by atoms with Gasteiger partial charge in [0.2, 0.25) is 5.91 Å². The molecule has 5 nitrogen and oxygen atoms in total. The molecule has 0 aliphatic carbocycles. The molecule has 1 amide bonds. The van der Waals surface area contributed by atoms with Crippen molar-refractivity contribution in [1.29, 1.82) is 0 Å². The third-order valence-electron chi connectivity index (χ3n) is 5.85. The third kappa shape index (κ3) is 4.97. The van der Waals surface area contributed by atoms with Gasteiger partial charge in [0.15, 0.2) is 0 Å². The van der Waals surface area contributed by atoms with E-state index in [1.165, 1.54) is 11.1 Å². The molecular formula is C25H30N4O. The Hall–Kier alpha value is -2.92. The van der Waals surface area contributed by atoms with Gasteiger partial charge >= 0.3 is 0 Å². The van der Waals surface area contributed by atoms with Crippen LogP contribution in [0.3, 0.4) is 0 Å². The molecule has 2 aromatic carbocycles. The van der Waals surface area contributed by atoms with Crippen LogP contribution in [0.2, 0.25) is 0 Å². The molecule has 0 unspecified atom stereocenters. The Balaban J connectivity index is 1.31. The number of anilines is 1. The van der Waals surface area contributed by atoms with Crippen molar-refractivity contribution >= 4 is 11.6 Å². The molecule has 0 bridgehead atoms. The molecule has 0 saturated carbocycles. The van der Waals surface area contributed by atoms with E-state index in [4.69, 9.17) is 0 Å². The van der Waals surface area contributed by atoms with E-state index >= 15 is 0 Å². The molecular weight excluding hydrogens is 372 g/mol. The first-order chi connectivity index (χ1) is 14.6. The van der Waals surface area contributed by atoms with E-state index < -0.39 is 0 Å². The van der Waals surface area contributed by atoms with Crippen LogP contribution in [0.15, 0.2) is 67.0 Å². The Morgan fingerprint density at radius 2 is 1.87 bits per heavy atom. The highest BCUT2D eigenvalue weighted by atomic mass is 16.1. The summed E-state index contributed by atoms with van der Waals surface area (Å²) in [4.78, 5) is 14.5. The van der Waals surface area contributed by atoms with Crippen molar-refractivity contribution in [2.24, 2.45) is 5.92 Å². The zero-order chi connectivity index (χ0) is 20.9. The van der Waals surface area contributed by atoms with E-state index in [1.807, 2.05) is 36.9 Å². The molecule has 1 aliphatic heterocycles. The molecule has 4 rings (SSSR count). The lowest BCUT2D eigenvalue weighted by molar-refractivity contribution is -0.118. The first kappa shape index (κ1) is 20.4. The van der Waals surface area contributed by atoms with Crippen LogP contribution >= 0.6 is 0 Å². The fraction of sp³-hybridized carbons (Fsp3) is 0.360. The van der Waals surface area contributed by atoms with Crippen LogP contribution in [0.5, 0.6) is 0 Å². The highest BCUT2D eigenvalue weighted by Crippen LogP contribution is 2.30. The van der Waals surface area contributed by atoms with Crippen LogP contribution in [0, 0.1) is 5.92 Å². The molecule has 1 aromatic heterocycles. The number of likely N-dealkylation sites (tertiary alicyclic amines) is 1. The number of nitrogens with zero attached hydrogens (tertiary/aromatic N) is 3. The monoisotopic (exact) mass is 402 g/mol. The number of hydrogen-bond acceptors (Lipinski definition) is 3. The number of piperidine rings is 1. The molecule has 0 atom stereocenters. The van der Waals surface area contributed by atoms with Crippen molar-refractivity contribution in [3.63, 3.8) is 0 Å². The summed E-state index contributed by atoms with van der Waals surface area (Å²) in [5.74, 6) is 0.616. The summed E-state index contributed by atoms with van der Waals surface area (Å²) >= 11 is 0. The number of benzene rings is 2. The second kappa shape index (κ2) is 9.26. The zero-order valence-corrected chi connectivity index (χ0v) is 17.8. The van der Waals surface area contributed by atoms with Gasteiger partial charge in [-0.05, 0) is 73.3 Å². The maximum atomic E-state index is 12.0. The molecule has 0 radical (unpaired) electrons. The third-order valence-corrected chi connectivity index (χ3v) is 5.85. The quantitative estimate of drug-likeness (QED) is 0.641. The second-order valence-corrected chi connectivity index (χ2v) is 8.44. The van der Waals surface area contributed by atoms with Crippen molar-refractivity contribution < 1.29 is 4.79 Å². The average molecular weight is 403 g/mol. The van der Waals surface area contributed by atoms with Crippen LogP contribution in [-0.4, -0.2) is 33.7 Å². The van der Waals surface area contributed by atoms with E-state index in [-0.39, 0.29) is 11.8 Å². The minimum absolute atomic E-state index is 0.00879. The Morgan fingerprint density at radius 3 is 2.53 bits per heavy atom. The summed E-state index contributed by atoms with van der Waals surface area (Å²) in [5, 5.41) is 7.30. The molecule has 3 aromatic rings. The molecule has 1 fully saturated rings. The predicted octanol–water partition coefficient (Wildman–Crippen LogP) is 4.85. The van der Waals surface area contributed by atoms with Gasteiger partial charge in [-0.3, -0.25) is 9.69 Å². The van der Waals surface area contributed by atoms with E-state index in [1.54, 1.807) is 6.20 Å². The second-order valence-electron chi connectivity index (χ2n) is 8.44. The van der Waals surface area contributed by atoms with Gasteiger partial charge < -0.3 is 5.32 Å². The van der Waals surface area contributed by atoms with Gasteiger partial charge in [-0.25, -0.2) is 4.68 Å². The Labute approximate surface area is 178 Å². The van der Waals surface area contributed by atoms with Gasteiger partial charge in [-0.15, -0.1) is 0 Å². The van der Waals surface area contributed by atoms with Crippen LogP contribution in [0.1, 0.15) is 43.7 Å². The lowest BCUT2D eigenvalue weighted by Gasteiger charge is -2.32. The van der Waals surface area contributed by atoms with Crippen molar-refractivity contribution in [3.05, 3.63) is 78.1 Å². The van der Waals surface area contributed by atoms with Crippen molar-refractivity contribution in [2.75, 3.05) is 18.4 Å². The van der Waals surface area contributed by atoms with Crippen molar-refractivity contribution in [2.45, 2.75) is 39.2 Å². The number of hydrogen-bond donors (Lipinski definition) is 1.